The molecule has 110 valence electrons. The van der Waals surface area contributed by atoms with Crippen molar-refractivity contribution in [3.63, 3.8) is 0 Å². The van der Waals surface area contributed by atoms with Crippen LogP contribution in [0.2, 0.25) is 5.02 Å². The van der Waals surface area contributed by atoms with Crippen molar-refractivity contribution in [1.82, 2.24) is 9.97 Å². The zero-order valence-corrected chi connectivity index (χ0v) is 12.8. The van der Waals surface area contributed by atoms with Gasteiger partial charge in [0.2, 0.25) is 0 Å². The molecule has 2 heterocycles. The maximum absolute atomic E-state index is 6.17. The van der Waals surface area contributed by atoms with Gasteiger partial charge >= 0.3 is 0 Å². The molecule has 0 bridgehead atoms. The summed E-state index contributed by atoms with van der Waals surface area (Å²) in [5.74, 6) is 1.69. The Bertz CT molecular complexity index is 645. The molecule has 1 aliphatic heterocycles. The molecular formula is C16H18ClN3O. The molecule has 1 aromatic heterocycles. The summed E-state index contributed by atoms with van der Waals surface area (Å²) in [6, 6.07) is 7.92. The summed E-state index contributed by atoms with van der Waals surface area (Å²) in [5.41, 5.74) is 3.34. The Morgan fingerprint density at radius 3 is 3.00 bits per heavy atom. The van der Waals surface area contributed by atoms with Crippen LogP contribution < -0.4 is 5.32 Å². The quantitative estimate of drug-likeness (QED) is 0.942. The number of halogens is 1. The molecule has 0 radical (unpaired) electrons. The number of aromatic nitrogens is 2. The molecular weight excluding hydrogens is 286 g/mol. The summed E-state index contributed by atoms with van der Waals surface area (Å²) in [7, 11) is 0. The minimum absolute atomic E-state index is 0.587. The largest absolute Gasteiger partial charge is 0.376 e. The van der Waals surface area contributed by atoms with Crippen LogP contribution in [0.15, 0.2) is 24.3 Å². The predicted octanol–water partition coefficient (Wildman–Crippen LogP) is 3.17. The lowest BCUT2D eigenvalue weighted by Crippen LogP contribution is -2.18. The second kappa shape index (κ2) is 6.41. The van der Waals surface area contributed by atoms with Crippen LogP contribution in [0.5, 0.6) is 0 Å². The highest BCUT2D eigenvalue weighted by molar-refractivity contribution is 6.31. The van der Waals surface area contributed by atoms with E-state index < -0.39 is 0 Å². The highest BCUT2D eigenvalue weighted by atomic mass is 35.5. The van der Waals surface area contributed by atoms with Gasteiger partial charge in [-0.1, -0.05) is 29.8 Å². The number of fused-ring (bicyclic) bond motifs is 1. The van der Waals surface area contributed by atoms with Gasteiger partial charge < -0.3 is 10.1 Å². The maximum atomic E-state index is 6.17. The molecule has 0 saturated carbocycles. The van der Waals surface area contributed by atoms with Crippen LogP contribution in [0, 0.1) is 6.92 Å². The molecule has 1 N–H and O–H groups in total. The molecule has 3 rings (SSSR count). The van der Waals surface area contributed by atoms with E-state index in [4.69, 9.17) is 16.3 Å². The lowest BCUT2D eigenvalue weighted by Gasteiger charge is -2.19. The van der Waals surface area contributed by atoms with E-state index in [2.05, 4.69) is 15.3 Å². The normalized spacial score (nSPS) is 13.8. The van der Waals surface area contributed by atoms with Gasteiger partial charge in [0.1, 0.15) is 11.6 Å². The fourth-order valence-corrected chi connectivity index (χ4v) is 2.75. The van der Waals surface area contributed by atoms with Crippen molar-refractivity contribution in [3.8, 4) is 0 Å². The summed E-state index contributed by atoms with van der Waals surface area (Å²) < 4.78 is 5.52. The predicted molar refractivity (Wildman–Crippen MR) is 83.8 cm³/mol. The highest BCUT2D eigenvalue weighted by Crippen LogP contribution is 2.22. The van der Waals surface area contributed by atoms with Crippen LogP contribution in [0.1, 0.15) is 22.6 Å². The van der Waals surface area contributed by atoms with Gasteiger partial charge in [-0.05, 0) is 25.0 Å². The third-order valence-electron chi connectivity index (χ3n) is 3.58. The second-order valence-corrected chi connectivity index (χ2v) is 5.52. The Hall–Kier alpha value is -1.65. The Morgan fingerprint density at radius 1 is 1.29 bits per heavy atom. The summed E-state index contributed by atoms with van der Waals surface area (Å²) >= 11 is 6.17. The smallest absolute Gasteiger partial charge is 0.135 e. The number of nitrogens with one attached hydrogen (secondary N) is 1. The zero-order valence-electron chi connectivity index (χ0n) is 12.0. The number of ether oxygens (including phenoxy) is 1. The molecule has 4 nitrogen and oxygen atoms in total. The molecule has 1 aromatic carbocycles. The summed E-state index contributed by atoms with van der Waals surface area (Å²) in [6.07, 6.45) is 1.72. The van der Waals surface area contributed by atoms with Crippen molar-refractivity contribution in [2.75, 3.05) is 18.5 Å². The lowest BCUT2D eigenvalue weighted by atomic mass is 10.1. The Kier molecular flexibility index (Phi) is 4.36. The Labute approximate surface area is 129 Å². The lowest BCUT2D eigenvalue weighted by molar-refractivity contribution is 0.109. The minimum atomic E-state index is 0.587. The van der Waals surface area contributed by atoms with Crippen molar-refractivity contribution in [2.24, 2.45) is 0 Å². The second-order valence-electron chi connectivity index (χ2n) is 5.12. The molecule has 0 amide bonds. The molecule has 1 aliphatic rings. The Morgan fingerprint density at radius 2 is 2.14 bits per heavy atom. The van der Waals surface area contributed by atoms with E-state index in [9.17, 15) is 0 Å². The van der Waals surface area contributed by atoms with Crippen molar-refractivity contribution in [3.05, 3.63) is 51.9 Å². The van der Waals surface area contributed by atoms with E-state index in [1.165, 1.54) is 0 Å². The SMILES string of the molecule is Cc1nc2c(c(NCCc3ccccc3Cl)n1)COCC2. The zero-order chi connectivity index (χ0) is 14.7. The third-order valence-corrected chi connectivity index (χ3v) is 3.95. The average Bonchev–Trinajstić information content (AvgIpc) is 2.49. The first-order valence-corrected chi connectivity index (χ1v) is 7.53. The van der Waals surface area contributed by atoms with Gasteiger partial charge in [-0.25, -0.2) is 9.97 Å². The fraction of sp³-hybridized carbons (Fsp3) is 0.375. The fourth-order valence-electron chi connectivity index (χ4n) is 2.52. The molecule has 0 spiro atoms. The van der Waals surface area contributed by atoms with Crippen LogP contribution in [0.4, 0.5) is 5.82 Å². The van der Waals surface area contributed by atoms with Gasteiger partial charge in [-0.15, -0.1) is 0 Å². The van der Waals surface area contributed by atoms with Crippen molar-refractivity contribution in [1.29, 1.82) is 0 Å². The molecule has 0 saturated heterocycles. The molecule has 0 unspecified atom stereocenters. The van der Waals surface area contributed by atoms with Crippen LogP contribution in [-0.4, -0.2) is 23.1 Å². The van der Waals surface area contributed by atoms with Crippen molar-refractivity contribution >= 4 is 17.4 Å². The molecule has 0 atom stereocenters. The van der Waals surface area contributed by atoms with Gasteiger partial charge in [0.25, 0.3) is 0 Å². The monoisotopic (exact) mass is 303 g/mol. The standard InChI is InChI=1S/C16H18ClN3O/c1-11-19-15-7-9-21-10-13(15)16(20-11)18-8-6-12-4-2-3-5-14(12)17/h2-5H,6-10H2,1H3,(H,18,19,20). The number of rotatable bonds is 4. The van der Waals surface area contributed by atoms with Crippen molar-refractivity contribution < 1.29 is 4.74 Å². The van der Waals surface area contributed by atoms with Crippen LogP contribution in [0.3, 0.4) is 0 Å². The molecule has 5 heteroatoms. The topological polar surface area (TPSA) is 47.0 Å². The number of anilines is 1. The molecule has 2 aromatic rings. The van der Waals surface area contributed by atoms with Gasteiger partial charge in [0.15, 0.2) is 0 Å². The minimum Gasteiger partial charge on any atom is -0.376 e. The number of nitrogens with zero attached hydrogens (tertiary/aromatic N) is 2. The number of hydrogen-bond donors (Lipinski definition) is 1. The van der Waals surface area contributed by atoms with E-state index in [1.807, 2.05) is 31.2 Å². The van der Waals surface area contributed by atoms with Crippen LogP contribution in [0.25, 0.3) is 0 Å². The van der Waals surface area contributed by atoms with E-state index in [0.717, 1.165) is 59.5 Å². The van der Waals surface area contributed by atoms with E-state index >= 15 is 0 Å². The first-order chi connectivity index (χ1) is 10.2. The average molecular weight is 304 g/mol. The summed E-state index contributed by atoms with van der Waals surface area (Å²) in [6.45, 7) is 4.04. The van der Waals surface area contributed by atoms with E-state index in [-0.39, 0.29) is 0 Å². The first kappa shape index (κ1) is 14.3. The summed E-state index contributed by atoms with van der Waals surface area (Å²) in [4.78, 5) is 9.01. The van der Waals surface area contributed by atoms with Crippen LogP contribution in [-0.2, 0) is 24.2 Å². The Balaban J connectivity index is 1.71. The molecule has 0 aliphatic carbocycles. The van der Waals surface area contributed by atoms with Gasteiger partial charge in [-0.2, -0.15) is 0 Å². The van der Waals surface area contributed by atoms with Gasteiger partial charge in [-0.3, -0.25) is 0 Å². The maximum Gasteiger partial charge on any atom is 0.135 e. The van der Waals surface area contributed by atoms with Crippen molar-refractivity contribution in [2.45, 2.75) is 26.4 Å². The first-order valence-electron chi connectivity index (χ1n) is 7.15. The highest BCUT2D eigenvalue weighted by Gasteiger charge is 2.17. The number of hydrogen-bond acceptors (Lipinski definition) is 4. The number of benzene rings is 1. The van der Waals surface area contributed by atoms with Gasteiger partial charge in [0, 0.05) is 23.6 Å². The van der Waals surface area contributed by atoms with E-state index in [0.29, 0.717) is 6.61 Å². The van der Waals surface area contributed by atoms with Crippen LogP contribution >= 0.6 is 11.6 Å². The third kappa shape index (κ3) is 3.34. The summed E-state index contributed by atoms with van der Waals surface area (Å²) in [5, 5.41) is 4.21. The molecule has 0 fully saturated rings. The number of aryl methyl sites for hydroxylation is 1. The van der Waals surface area contributed by atoms with E-state index in [1.54, 1.807) is 0 Å². The molecule has 21 heavy (non-hydrogen) atoms. The van der Waals surface area contributed by atoms with Gasteiger partial charge in [0.05, 0.1) is 18.9 Å².